The highest BCUT2D eigenvalue weighted by atomic mass is 16.5. The summed E-state index contributed by atoms with van der Waals surface area (Å²) in [5.74, 6) is -1.50. The number of aliphatic hydroxyl groups is 1. The zero-order chi connectivity index (χ0) is 18.9. The molecule has 0 radical (unpaired) electrons. The van der Waals surface area contributed by atoms with Gasteiger partial charge in [0, 0.05) is 6.42 Å². The fourth-order valence-corrected chi connectivity index (χ4v) is 2.72. The topological polar surface area (TPSA) is 83.8 Å². The smallest absolute Gasteiger partial charge is 0.331 e. The van der Waals surface area contributed by atoms with Crippen LogP contribution in [0.2, 0.25) is 0 Å². The molecule has 5 nitrogen and oxygen atoms in total. The highest BCUT2D eigenvalue weighted by Crippen LogP contribution is 2.15. The molecular formula is C20H36O5. The molecule has 0 spiro atoms. The van der Waals surface area contributed by atoms with Gasteiger partial charge in [0.25, 0.3) is 0 Å². The molecule has 0 rings (SSSR count). The predicted molar refractivity (Wildman–Crippen MR) is 99.2 cm³/mol. The molecule has 0 aliphatic rings. The van der Waals surface area contributed by atoms with E-state index in [0.29, 0.717) is 12.8 Å². The van der Waals surface area contributed by atoms with Gasteiger partial charge in [0.15, 0.2) is 0 Å². The second-order valence-electron chi connectivity index (χ2n) is 6.65. The quantitative estimate of drug-likeness (QED) is 0.176. The zero-order valence-corrected chi connectivity index (χ0v) is 16.0. The van der Waals surface area contributed by atoms with Crippen LogP contribution in [0.25, 0.3) is 0 Å². The molecule has 0 aliphatic carbocycles. The van der Waals surface area contributed by atoms with Crippen molar-refractivity contribution in [3.63, 3.8) is 0 Å². The number of carbonyl (C=O) groups is 2. The molecule has 0 aromatic heterocycles. The second kappa shape index (κ2) is 16.1. The highest BCUT2D eigenvalue weighted by Gasteiger charge is 2.14. The van der Waals surface area contributed by atoms with Crippen LogP contribution in [0.3, 0.4) is 0 Å². The maximum absolute atomic E-state index is 11.8. The Morgan fingerprint density at radius 3 is 2.00 bits per heavy atom. The van der Waals surface area contributed by atoms with E-state index in [9.17, 15) is 14.7 Å². The van der Waals surface area contributed by atoms with Gasteiger partial charge in [0.1, 0.15) is 5.76 Å². The Kier molecular flexibility index (Phi) is 15.2. The first-order valence-corrected chi connectivity index (χ1v) is 9.81. The minimum Gasteiger partial charge on any atom is -0.478 e. The lowest BCUT2D eigenvalue weighted by molar-refractivity contribution is -0.142. The molecule has 0 aliphatic heterocycles. The molecule has 1 unspecified atom stereocenters. The van der Waals surface area contributed by atoms with Crippen LogP contribution in [0.1, 0.15) is 97.3 Å². The maximum Gasteiger partial charge on any atom is 0.331 e. The molecular weight excluding hydrogens is 320 g/mol. The second-order valence-corrected chi connectivity index (χ2v) is 6.65. The lowest BCUT2D eigenvalue weighted by Gasteiger charge is -2.11. The largest absolute Gasteiger partial charge is 0.478 e. The van der Waals surface area contributed by atoms with Crippen molar-refractivity contribution in [2.24, 2.45) is 0 Å². The molecule has 0 saturated carbocycles. The third-order valence-electron chi connectivity index (χ3n) is 4.08. The van der Waals surface area contributed by atoms with E-state index in [1.165, 1.54) is 38.5 Å². The molecule has 0 saturated heterocycles. The number of hydrogen-bond acceptors (Lipinski definition) is 4. The summed E-state index contributed by atoms with van der Waals surface area (Å²) < 4.78 is 5.13. The van der Waals surface area contributed by atoms with Crippen molar-refractivity contribution in [3.8, 4) is 0 Å². The van der Waals surface area contributed by atoms with Crippen LogP contribution < -0.4 is 0 Å². The summed E-state index contributed by atoms with van der Waals surface area (Å²) in [4.78, 5) is 22.6. The van der Waals surface area contributed by atoms with Crippen molar-refractivity contribution in [1.29, 1.82) is 0 Å². The number of allylic oxidation sites excluding steroid dienone is 1. The van der Waals surface area contributed by atoms with E-state index >= 15 is 0 Å². The van der Waals surface area contributed by atoms with Crippen LogP contribution in [-0.2, 0) is 14.3 Å². The summed E-state index contributed by atoms with van der Waals surface area (Å²) >= 11 is 0. The molecule has 1 atom stereocenters. The van der Waals surface area contributed by atoms with Crippen LogP contribution >= 0.6 is 0 Å². The number of carboxylic acids is 1. The molecule has 146 valence electrons. The number of unbranched alkanes of at least 4 members (excludes halogenated alkanes) is 8. The Morgan fingerprint density at radius 1 is 0.920 bits per heavy atom. The normalized spacial score (nSPS) is 12.8. The van der Waals surface area contributed by atoms with E-state index in [0.717, 1.165) is 31.8 Å². The number of esters is 1. The average Bonchev–Trinajstić information content (AvgIpc) is 2.52. The van der Waals surface area contributed by atoms with E-state index in [1.807, 2.05) is 6.92 Å². The Bertz CT molecular complexity index is 390. The van der Waals surface area contributed by atoms with E-state index in [1.54, 1.807) is 0 Å². The van der Waals surface area contributed by atoms with Gasteiger partial charge in [0.2, 0.25) is 0 Å². The monoisotopic (exact) mass is 356 g/mol. The van der Waals surface area contributed by atoms with E-state index in [-0.39, 0.29) is 12.2 Å². The predicted octanol–water partition coefficient (Wildman–Crippen LogP) is 4.97. The van der Waals surface area contributed by atoms with E-state index in [2.05, 4.69) is 6.92 Å². The van der Waals surface area contributed by atoms with Gasteiger partial charge in [-0.05, 0) is 12.8 Å². The maximum atomic E-state index is 11.8. The van der Waals surface area contributed by atoms with Crippen molar-refractivity contribution in [3.05, 3.63) is 11.8 Å². The summed E-state index contributed by atoms with van der Waals surface area (Å²) in [5.41, 5.74) is 0. The van der Waals surface area contributed by atoms with Gasteiger partial charge in [-0.1, -0.05) is 71.6 Å². The van der Waals surface area contributed by atoms with Crippen molar-refractivity contribution in [2.45, 2.75) is 103 Å². The van der Waals surface area contributed by atoms with Crippen molar-refractivity contribution in [1.82, 2.24) is 0 Å². The fraction of sp³-hybridized carbons (Fsp3) is 0.800. The number of rotatable bonds is 16. The first kappa shape index (κ1) is 23.6. The zero-order valence-electron chi connectivity index (χ0n) is 16.0. The number of aliphatic hydroxyl groups excluding tert-OH is 1. The molecule has 0 amide bonds. The Morgan fingerprint density at radius 2 is 1.48 bits per heavy atom. The summed E-state index contributed by atoms with van der Waals surface area (Å²) in [7, 11) is 0. The molecule has 0 aromatic rings. The van der Waals surface area contributed by atoms with Gasteiger partial charge in [-0.25, -0.2) is 4.79 Å². The molecule has 0 aromatic carbocycles. The summed E-state index contributed by atoms with van der Waals surface area (Å²) in [6.45, 7) is 4.13. The molecule has 0 heterocycles. The molecule has 0 bridgehead atoms. The molecule has 0 fully saturated rings. The van der Waals surface area contributed by atoms with Crippen LogP contribution in [0.4, 0.5) is 0 Å². The number of ether oxygens (including phenoxy) is 1. The van der Waals surface area contributed by atoms with Crippen molar-refractivity contribution < 1.29 is 24.5 Å². The number of hydrogen-bond donors (Lipinski definition) is 2. The van der Waals surface area contributed by atoms with E-state index < -0.39 is 18.0 Å². The lowest BCUT2D eigenvalue weighted by Crippen LogP contribution is -2.15. The highest BCUT2D eigenvalue weighted by molar-refractivity contribution is 5.81. The SMILES string of the molecule is CCCCCCCCCCCC(=CC(=O)O)OC(=O)CC(O)CCC. The summed E-state index contributed by atoms with van der Waals surface area (Å²) in [5, 5.41) is 18.5. The molecule has 25 heavy (non-hydrogen) atoms. The third-order valence-corrected chi connectivity index (χ3v) is 4.08. The van der Waals surface area contributed by atoms with Gasteiger partial charge in [0.05, 0.1) is 18.6 Å². The van der Waals surface area contributed by atoms with Gasteiger partial charge >= 0.3 is 11.9 Å². The van der Waals surface area contributed by atoms with Crippen molar-refractivity contribution in [2.75, 3.05) is 0 Å². The first-order chi connectivity index (χ1) is 12.0. The van der Waals surface area contributed by atoms with Crippen LogP contribution in [0, 0.1) is 0 Å². The number of carboxylic acid groups (broad SMARTS) is 1. The minimum absolute atomic E-state index is 0.0947. The Balaban J connectivity index is 4.01. The number of aliphatic carboxylic acids is 1. The Labute approximate surface area is 152 Å². The average molecular weight is 357 g/mol. The fourth-order valence-electron chi connectivity index (χ4n) is 2.72. The minimum atomic E-state index is -1.12. The summed E-state index contributed by atoms with van der Waals surface area (Å²) in [6, 6.07) is 0. The number of carbonyl (C=O) groups excluding carboxylic acids is 1. The third kappa shape index (κ3) is 15.9. The van der Waals surface area contributed by atoms with Gasteiger partial charge in [-0.2, -0.15) is 0 Å². The van der Waals surface area contributed by atoms with E-state index in [4.69, 9.17) is 9.84 Å². The van der Waals surface area contributed by atoms with Crippen molar-refractivity contribution >= 4 is 11.9 Å². The van der Waals surface area contributed by atoms with Gasteiger partial charge in [-0.15, -0.1) is 0 Å². The van der Waals surface area contributed by atoms with Gasteiger partial charge in [-0.3, -0.25) is 4.79 Å². The first-order valence-electron chi connectivity index (χ1n) is 9.81. The van der Waals surface area contributed by atoms with Crippen LogP contribution in [-0.4, -0.2) is 28.3 Å². The van der Waals surface area contributed by atoms with Crippen LogP contribution in [0.5, 0.6) is 0 Å². The van der Waals surface area contributed by atoms with Crippen LogP contribution in [0.15, 0.2) is 11.8 Å². The molecule has 5 heteroatoms. The standard InChI is InChI=1S/C20H36O5/c1-3-5-6-7-8-9-10-11-12-14-18(16-19(22)23)25-20(24)15-17(21)13-4-2/h16-17,21H,3-15H2,1-2H3,(H,22,23). The molecule has 2 N–H and O–H groups in total. The van der Waals surface area contributed by atoms with Gasteiger partial charge < -0.3 is 14.9 Å². The lowest BCUT2D eigenvalue weighted by atomic mass is 10.1. The Hall–Kier alpha value is -1.36. The summed E-state index contributed by atoms with van der Waals surface area (Å²) in [6.07, 6.45) is 12.4.